The van der Waals surface area contributed by atoms with Crippen molar-refractivity contribution in [2.24, 2.45) is 0 Å². The van der Waals surface area contributed by atoms with Crippen molar-refractivity contribution in [1.29, 1.82) is 0 Å². The molecule has 1 atom stereocenters. The molecule has 0 saturated carbocycles. The molecule has 1 aromatic carbocycles. The molecule has 0 amide bonds. The maximum absolute atomic E-state index is 11.5. The lowest BCUT2D eigenvalue weighted by Gasteiger charge is -2.10. The number of rotatable bonds is 6. The number of carbonyl (C=O) groups is 1. The zero-order chi connectivity index (χ0) is 12.7. The van der Waals surface area contributed by atoms with Crippen LogP contribution in [0.3, 0.4) is 0 Å². The molecule has 0 bridgehead atoms. The van der Waals surface area contributed by atoms with Gasteiger partial charge in [0.15, 0.2) is 6.29 Å². The Bertz CT molecular complexity index is 350. The number of ether oxygens (including phenoxy) is 2. The number of carbonyl (C=O) groups excluding carboxylic acids is 1. The van der Waals surface area contributed by atoms with Crippen LogP contribution in [0.2, 0.25) is 0 Å². The minimum Gasteiger partial charge on any atom is -0.462 e. The number of esters is 1. The summed E-state index contributed by atoms with van der Waals surface area (Å²) < 4.78 is 9.86. The van der Waals surface area contributed by atoms with Gasteiger partial charge >= 0.3 is 5.97 Å². The van der Waals surface area contributed by atoms with Crippen LogP contribution in [0.15, 0.2) is 24.3 Å². The summed E-state index contributed by atoms with van der Waals surface area (Å²) in [6.45, 7) is 2.32. The van der Waals surface area contributed by atoms with Crippen LogP contribution in [-0.2, 0) is 9.47 Å². The molecule has 0 aliphatic heterocycles. The average Bonchev–Trinajstić information content (AvgIpc) is 2.30. The maximum atomic E-state index is 11.5. The molecule has 3 N–H and O–H groups in total. The van der Waals surface area contributed by atoms with Gasteiger partial charge in [0.25, 0.3) is 0 Å². The van der Waals surface area contributed by atoms with E-state index in [-0.39, 0.29) is 13.0 Å². The number of hydrogen-bond donors (Lipinski definition) is 2. The number of anilines is 1. The Labute approximate surface area is 100 Å². The zero-order valence-electron chi connectivity index (χ0n) is 9.76. The van der Waals surface area contributed by atoms with Crippen molar-refractivity contribution in [2.45, 2.75) is 19.6 Å². The number of benzene rings is 1. The summed E-state index contributed by atoms with van der Waals surface area (Å²) in [7, 11) is 0. The van der Waals surface area contributed by atoms with Gasteiger partial charge in [-0.2, -0.15) is 0 Å². The Morgan fingerprint density at radius 1 is 1.41 bits per heavy atom. The van der Waals surface area contributed by atoms with E-state index in [4.69, 9.17) is 15.2 Å². The van der Waals surface area contributed by atoms with Gasteiger partial charge in [0, 0.05) is 18.7 Å². The van der Waals surface area contributed by atoms with E-state index in [1.165, 1.54) is 0 Å². The Kier molecular flexibility index (Phi) is 5.45. The molecule has 0 saturated heterocycles. The fraction of sp³-hybridized carbons (Fsp3) is 0.417. The van der Waals surface area contributed by atoms with Crippen LogP contribution in [0.25, 0.3) is 0 Å². The van der Waals surface area contributed by atoms with Crippen molar-refractivity contribution in [3.8, 4) is 0 Å². The Hall–Kier alpha value is -1.59. The molecule has 5 heteroatoms. The number of hydrogen-bond acceptors (Lipinski definition) is 5. The molecule has 0 aliphatic carbocycles. The van der Waals surface area contributed by atoms with Gasteiger partial charge in [-0.15, -0.1) is 0 Å². The van der Waals surface area contributed by atoms with Crippen LogP contribution < -0.4 is 5.73 Å². The fourth-order valence-corrected chi connectivity index (χ4v) is 1.23. The van der Waals surface area contributed by atoms with E-state index < -0.39 is 12.3 Å². The van der Waals surface area contributed by atoms with Gasteiger partial charge in [0.1, 0.15) is 0 Å². The highest BCUT2D eigenvalue weighted by Crippen LogP contribution is 2.07. The zero-order valence-corrected chi connectivity index (χ0v) is 9.76. The lowest BCUT2D eigenvalue weighted by Crippen LogP contribution is -2.16. The van der Waals surface area contributed by atoms with Gasteiger partial charge in [-0.1, -0.05) is 0 Å². The second-order valence-corrected chi connectivity index (χ2v) is 3.46. The minimum atomic E-state index is -0.890. The third-order valence-corrected chi connectivity index (χ3v) is 2.10. The summed E-state index contributed by atoms with van der Waals surface area (Å²) in [6, 6.07) is 6.45. The van der Waals surface area contributed by atoms with Crippen LogP contribution in [0, 0.1) is 0 Å². The molecule has 1 unspecified atom stereocenters. The first kappa shape index (κ1) is 13.5. The standard InChI is InChI=1S/C12H17NO4/c1-2-16-11(14)7-8-17-12(15)9-3-5-10(13)6-4-9/h3-6,11,14H,2,7-8,13H2,1H3. The normalized spacial score (nSPS) is 12.1. The molecule has 0 spiro atoms. The molecule has 0 aliphatic rings. The first-order valence-corrected chi connectivity index (χ1v) is 5.45. The first-order chi connectivity index (χ1) is 8.13. The Balaban J connectivity index is 2.32. The topological polar surface area (TPSA) is 81.8 Å². The van der Waals surface area contributed by atoms with Crippen molar-refractivity contribution >= 4 is 11.7 Å². The van der Waals surface area contributed by atoms with Gasteiger partial charge in [-0.25, -0.2) is 4.79 Å². The monoisotopic (exact) mass is 239 g/mol. The number of nitrogens with two attached hydrogens (primary N) is 1. The summed E-state index contributed by atoms with van der Waals surface area (Å²) in [5.41, 5.74) is 6.52. The van der Waals surface area contributed by atoms with Crippen molar-refractivity contribution in [2.75, 3.05) is 18.9 Å². The molecule has 1 aromatic rings. The number of aliphatic hydroxyl groups excluding tert-OH is 1. The molecular weight excluding hydrogens is 222 g/mol. The molecule has 0 radical (unpaired) electrons. The summed E-state index contributed by atoms with van der Waals surface area (Å²) >= 11 is 0. The van der Waals surface area contributed by atoms with E-state index in [2.05, 4.69) is 0 Å². The van der Waals surface area contributed by atoms with Gasteiger partial charge in [0.05, 0.1) is 12.2 Å². The second kappa shape index (κ2) is 6.88. The molecule has 5 nitrogen and oxygen atoms in total. The minimum absolute atomic E-state index is 0.115. The maximum Gasteiger partial charge on any atom is 0.338 e. The number of nitrogen functional groups attached to an aromatic ring is 1. The molecule has 17 heavy (non-hydrogen) atoms. The van der Waals surface area contributed by atoms with Gasteiger partial charge in [-0.05, 0) is 31.2 Å². The predicted molar refractivity (Wildman–Crippen MR) is 63.4 cm³/mol. The summed E-state index contributed by atoms with van der Waals surface area (Å²) in [5, 5.41) is 9.24. The van der Waals surface area contributed by atoms with Crippen LogP contribution in [0.4, 0.5) is 5.69 Å². The van der Waals surface area contributed by atoms with Crippen LogP contribution in [0.5, 0.6) is 0 Å². The average molecular weight is 239 g/mol. The van der Waals surface area contributed by atoms with Crippen molar-refractivity contribution in [3.05, 3.63) is 29.8 Å². The van der Waals surface area contributed by atoms with Gasteiger partial charge in [-0.3, -0.25) is 0 Å². The van der Waals surface area contributed by atoms with Crippen molar-refractivity contribution < 1.29 is 19.4 Å². The summed E-state index contributed by atoms with van der Waals surface area (Å²) in [6.07, 6.45) is -0.631. The van der Waals surface area contributed by atoms with Crippen molar-refractivity contribution in [1.82, 2.24) is 0 Å². The van der Waals surface area contributed by atoms with Gasteiger partial charge < -0.3 is 20.3 Å². The van der Waals surface area contributed by atoms with E-state index >= 15 is 0 Å². The SMILES string of the molecule is CCOC(O)CCOC(=O)c1ccc(N)cc1. The van der Waals surface area contributed by atoms with E-state index in [0.29, 0.717) is 17.9 Å². The van der Waals surface area contributed by atoms with Crippen LogP contribution in [0.1, 0.15) is 23.7 Å². The third kappa shape index (κ3) is 4.84. The summed E-state index contributed by atoms with van der Waals surface area (Å²) in [5.74, 6) is -0.436. The predicted octanol–water partition coefficient (Wildman–Crippen LogP) is 1.17. The van der Waals surface area contributed by atoms with E-state index in [1.54, 1.807) is 31.2 Å². The largest absolute Gasteiger partial charge is 0.462 e. The molecule has 0 aromatic heterocycles. The van der Waals surface area contributed by atoms with E-state index in [0.717, 1.165) is 0 Å². The van der Waals surface area contributed by atoms with Crippen LogP contribution in [-0.4, -0.2) is 30.6 Å². The lowest BCUT2D eigenvalue weighted by molar-refractivity contribution is -0.105. The molecule has 0 heterocycles. The second-order valence-electron chi connectivity index (χ2n) is 3.46. The smallest absolute Gasteiger partial charge is 0.338 e. The quantitative estimate of drug-likeness (QED) is 0.442. The Morgan fingerprint density at radius 2 is 2.06 bits per heavy atom. The van der Waals surface area contributed by atoms with E-state index in [9.17, 15) is 9.90 Å². The molecule has 0 fully saturated rings. The highest BCUT2D eigenvalue weighted by molar-refractivity contribution is 5.89. The molecular formula is C12H17NO4. The molecule has 94 valence electrons. The van der Waals surface area contributed by atoms with Crippen molar-refractivity contribution in [3.63, 3.8) is 0 Å². The lowest BCUT2D eigenvalue weighted by atomic mass is 10.2. The number of aliphatic hydroxyl groups is 1. The van der Waals surface area contributed by atoms with Crippen LogP contribution >= 0.6 is 0 Å². The highest BCUT2D eigenvalue weighted by Gasteiger charge is 2.08. The third-order valence-electron chi connectivity index (χ3n) is 2.10. The fourth-order valence-electron chi connectivity index (χ4n) is 1.23. The molecule has 1 rings (SSSR count). The summed E-state index contributed by atoms with van der Waals surface area (Å²) in [4.78, 5) is 11.5. The van der Waals surface area contributed by atoms with Gasteiger partial charge in [0.2, 0.25) is 0 Å². The first-order valence-electron chi connectivity index (χ1n) is 5.45. The highest BCUT2D eigenvalue weighted by atomic mass is 16.6. The van der Waals surface area contributed by atoms with E-state index in [1.807, 2.05) is 0 Å². The Morgan fingerprint density at radius 3 is 2.65 bits per heavy atom.